The summed E-state index contributed by atoms with van der Waals surface area (Å²) in [4.78, 5) is 34.2. The maximum Gasteiger partial charge on any atom is 0.313 e. The number of carbonyl (C=O) groups is 2. The van der Waals surface area contributed by atoms with Gasteiger partial charge in [-0.05, 0) is 31.9 Å². The molecule has 2 aliphatic heterocycles. The predicted molar refractivity (Wildman–Crippen MR) is 93.0 cm³/mol. The molecule has 1 saturated carbocycles. The van der Waals surface area contributed by atoms with E-state index >= 15 is 0 Å². The zero-order chi connectivity index (χ0) is 17.9. The third kappa shape index (κ3) is 1.99. The molecule has 0 aromatic carbocycles. The SMILES string of the molecule is CC1(C)[C@]2(C)CC[C@]1(C(=O)N1CCN(c3ccccn3)CC1)OC2=O. The van der Waals surface area contributed by atoms with Crippen LogP contribution in [0, 0.1) is 10.8 Å². The molecule has 1 amide bonds. The van der Waals surface area contributed by atoms with E-state index in [0.717, 1.165) is 25.3 Å². The van der Waals surface area contributed by atoms with Crippen molar-refractivity contribution in [2.75, 3.05) is 31.1 Å². The largest absolute Gasteiger partial charge is 0.448 e. The van der Waals surface area contributed by atoms with Gasteiger partial charge in [-0.1, -0.05) is 19.9 Å². The van der Waals surface area contributed by atoms with Gasteiger partial charge in [0.1, 0.15) is 5.82 Å². The number of hydrogen-bond acceptors (Lipinski definition) is 5. The van der Waals surface area contributed by atoms with Gasteiger partial charge >= 0.3 is 5.97 Å². The lowest BCUT2D eigenvalue weighted by Crippen LogP contribution is -2.59. The summed E-state index contributed by atoms with van der Waals surface area (Å²) in [7, 11) is 0. The van der Waals surface area contributed by atoms with E-state index in [1.54, 1.807) is 6.20 Å². The van der Waals surface area contributed by atoms with Crippen molar-refractivity contribution < 1.29 is 14.3 Å². The molecule has 2 bridgehead atoms. The van der Waals surface area contributed by atoms with Crippen molar-refractivity contribution in [3.8, 4) is 0 Å². The summed E-state index contributed by atoms with van der Waals surface area (Å²) < 4.78 is 5.74. The fraction of sp³-hybridized carbons (Fsp3) is 0.632. The number of esters is 1. The van der Waals surface area contributed by atoms with Crippen molar-refractivity contribution in [3.05, 3.63) is 24.4 Å². The molecule has 1 aromatic rings. The molecule has 0 radical (unpaired) electrons. The van der Waals surface area contributed by atoms with Crippen molar-refractivity contribution in [2.24, 2.45) is 10.8 Å². The molecule has 0 spiro atoms. The van der Waals surface area contributed by atoms with Gasteiger partial charge < -0.3 is 14.5 Å². The molecule has 3 heterocycles. The summed E-state index contributed by atoms with van der Waals surface area (Å²) >= 11 is 0. The number of pyridine rings is 1. The second-order valence-electron chi connectivity index (χ2n) is 8.14. The lowest BCUT2D eigenvalue weighted by atomic mass is 9.66. The van der Waals surface area contributed by atoms with Gasteiger partial charge in [-0.25, -0.2) is 4.98 Å². The number of piperazine rings is 1. The Morgan fingerprint density at radius 2 is 1.84 bits per heavy atom. The molecule has 0 unspecified atom stereocenters. The number of nitrogens with zero attached hydrogens (tertiary/aromatic N) is 3. The van der Waals surface area contributed by atoms with Crippen LogP contribution in [0.2, 0.25) is 0 Å². The van der Waals surface area contributed by atoms with Gasteiger partial charge in [0.15, 0.2) is 5.60 Å². The number of aromatic nitrogens is 1. The summed E-state index contributed by atoms with van der Waals surface area (Å²) in [5, 5.41) is 0. The van der Waals surface area contributed by atoms with Crippen LogP contribution >= 0.6 is 0 Å². The standard InChI is InChI=1S/C19H25N3O3/c1-17(2)18(3)7-8-19(17,25-16(18)24)15(23)22-12-10-21(11-13-22)14-6-4-5-9-20-14/h4-6,9H,7-8,10-13H2,1-3H3/t18-,19-/m1/s1. The summed E-state index contributed by atoms with van der Waals surface area (Å²) in [5.41, 5.74) is -2.03. The molecule has 2 saturated heterocycles. The first-order valence-electron chi connectivity index (χ1n) is 9.01. The summed E-state index contributed by atoms with van der Waals surface area (Å²) in [6.07, 6.45) is 3.13. The topological polar surface area (TPSA) is 62.7 Å². The average Bonchev–Trinajstić information content (AvgIpc) is 2.92. The van der Waals surface area contributed by atoms with E-state index < -0.39 is 16.4 Å². The average molecular weight is 343 g/mol. The van der Waals surface area contributed by atoms with Crippen molar-refractivity contribution in [1.29, 1.82) is 0 Å². The van der Waals surface area contributed by atoms with Crippen LogP contribution in [0.25, 0.3) is 0 Å². The number of rotatable bonds is 2. The quantitative estimate of drug-likeness (QED) is 0.767. The molecule has 25 heavy (non-hydrogen) atoms. The highest BCUT2D eigenvalue weighted by Gasteiger charge is 2.76. The number of amides is 1. The molecule has 0 N–H and O–H groups in total. The number of anilines is 1. The minimum absolute atomic E-state index is 0.0206. The van der Waals surface area contributed by atoms with Gasteiger partial charge in [0.25, 0.3) is 5.91 Å². The summed E-state index contributed by atoms with van der Waals surface area (Å²) in [6, 6.07) is 5.86. The normalized spacial score (nSPS) is 33.5. The molecule has 3 aliphatic rings. The van der Waals surface area contributed by atoms with E-state index in [1.807, 2.05) is 43.9 Å². The van der Waals surface area contributed by atoms with E-state index in [0.29, 0.717) is 19.5 Å². The van der Waals surface area contributed by atoms with Crippen LogP contribution in [0.3, 0.4) is 0 Å². The Bertz CT molecular complexity index is 712. The van der Waals surface area contributed by atoms with E-state index in [1.165, 1.54) is 0 Å². The van der Waals surface area contributed by atoms with Gasteiger partial charge in [-0.2, -0.15) is 0 Å². The Labute approximate surface area is 148 Å². The number of carbonyl (C=O) groups excluding carboxylic acids is 2. The second-order valence-corrected chi connectivity index (χ2v) is 8.14. The van der Waals surface area contributed by atoms with E-state index in [2.05, 4.69) is 9.88 Å². The highest BCUT2D eigenvalue weighted by Crippen LogP contribution is 2.65. The highest BCUT2D eigenvalue weighted by atomic mass is 16.6. The van der Waals surface area contributed by atoms with Crippen LogP contribution < -0.4 is 4.90 Å². The van der Waals surface area contributed by atoms with Crippen LogP contribution in [0.4, 0.5) is 5.82 Å². The van der Waals surface area contributed by atoms with Gasteiger partial charge in [0.2, 0.25) is 0 Å². The molecule has 4 rings (SSSR count). The lowest BCUT2D eigenvalue weighted by Gasteiger charge is -2.42. The number of fused-ring (bicyclic) bond motifs is 2. The van der Waals surface area contributed by atoms with Crippen LogP contribution in [-0.2, 0) is 14.3 Å². The lowest BCUT2D eigenvalue weighted by molar-refractivity contribution is -0.174. The van der Waals surface area contributed by atoms with E-state index in [9.17, 15) is 9.59 Å². The molecule has 6 nitrogen and oxygen atoms in total. The van der Waals surface area contributed by atoms with Gasteiger partial charge in [0, 0.05) is 37.8 Å². The Kier molecular flexibility index (Phi) is 3.40. The first-order chi connectivity index (χ1) is 11.8. The fourth-order valence-corrected chi connectivity index (χ4v) is 4.66. The third-order valence-corrected chi connectivity index (χ3v) is 6.97. The Balaban J connectivity index is 1.51. The Morgan fingerprint density at radius 1 is 1.12 bits per heavy atom. The van der Waals surface area contributed by atoms with Crippen LogP contribution in [0.5, 0.6) is 0 Å². The number of ether oxygens (including phenoxy) is 1. The molecular weight excluding hydrogens is 318 g/mol. The predicted octanol–water partition coefficient (Wildman–Crippen LogP) is 1.85. The van der Waals surface area contributed by atoms with Crippen LogP contribution in [0.15, 0.2) is 24.4 Å². The smallest absolute Gasteiger partial charge is 0.313 e. The van der Waals surface area contributed by atoms with Crippen molar-refractivity contribution in [1.82, 2.24) is 9.88 Å². The molecule has 1 aliphatic carbocycles. The van der Waals surface area contributed by atoms with Gasteiger partial charge in [-0.3, -0.25) is 9.59 Å². The van der Waals surface area contributed by atoms with E-state index in [-0.39, 0.29) is 11.9 Å². The Morgan fingerprint density at radius 3 is 2.36 bits per heavy atom. The fourth-order valence-electron chi connectivity index (χ4n) is 4.66. The highest BCUT2D eigenvalue weighted by molar-refractivity contribution is 5.96. The monoisotopic (exact) mass is 343 g/mol. The molecule has 134 valence electrons. The second kappa shape index (κ2) is 5.19. The zero-order valence-electron chi connectivity index (χ0n) is 15.1. The van der Waals surface area contributed by atoms with Gasteiger partial charge in [0.05, 0.1) is 5.41 Å². The maximum absolute atomic E-state index is 13.3. The summed E-state index contributed by atoms with van der Waals surface area (Å²) in [6.45, 7) is 8.69. The van der Waals surface area contributed by atoms with Crippen molar-refractivity contribution in [3.63, 3.8) is 0 Å². The molecule has 2 atom stereocenters. The molecular formula is C19H25N3O3. The Hall–Kier alpha value is -2.11. The first kappa shape index (κ1) is 16.4. The zero-order valence-corrected chi connectivity index (χ0v) is 15.1. The third-order valence-electron chi connectivity index (χ3n) is 6.97. The number of hydrogen-bond donors (Lipinski definition) is 0. The minimum atomic E-state index is -0.994. The van der Waals surface area contributed by atoms with Crippen molar-refractivity contribution in [2.45, 2.75) is 39.2 Å². The van der Waals surface area contributed by atoms with E-state index in [4.69, 9.17) is 4.74 Å². The van der Waals surface area contributed by atoms with Crippen LogP contribution in [-0.4, -0.2) is 53.5 Å². The molecule has 6 heteroatoms. The first-order valence-corrected chi connectivity index (χ1v) is 9.01. The maximum atomic E-state index is 13.3. The summed E-state index contributed by atoms with van der Waals surface area (Å²) in [5.74, 6) is 0.700. The molecule has 1 aromatic heterocycles. The van der Waals surface area contributed by atoms with Crippen molar-refractivity contribution >= 4 is 17.7 Å². The van der Waals surface area contributed by atoms with Gasteiger partial charge in [-0.15, -0.1) is 0 Å². The minimum Gasteiger partial charge on any atom is -0.448 e. The molecule has 3 fully saturated rings. The van der Waals surface area contributed by atoms with Crippen LogP contribution in [0.1, 0.15) is 33.6 Å².